The average Bonchev–Trinajstić information content (AvgIpc) is 2.55. The first-order chi connectivity index (χ1) is 11.1. The molecule has 0 saturated heterocycles. The van der Waals surface area contributed by atoms with Crippen molar-refractivity contribution in [2.24, 2.45) is 5.73 Å². The summed E-state index contributed by atoms with van der Waals surface area (Å²) in [5.74, 6) is -0.174. The van der Waals surface area contributed by atoms with E-state index in [1.54, 1.807) is 12.1 Å². The van der Waals surface area contributed by atoms with E-state index in [1.807, 2.05) is 43.3 Å². The fraction of sp³-hybridized carbons (Fsp3) is 0.111. The van der Waals surface area contributed by atoms with Crippen LogP contribution in [0.15, 0.2) is 48.5 Å². The van der Waals surface area contributed by atoms with E-state index in [4.69, 9.17) is 11.5 Å². The molecule has 23 heavy (non-hydrogen) atoms. The van der Waals surface area contributed by atoms with Gasteiger partial charge in [-0.05, 0) is 48.9 Å². The van der Waals surface area contributed by atoms with Crippen LogP contribution in [0.4, 0.5) is 11.4 Å². The van der Waals surface area contributed by atoms with Gasteiger partial charge in [0.1, 0.15) is 0 Å². The van der Waals surface area contributed by atoms with E-state index in [1.165, 1.54) is 0 Å². The number of fused-ring (bicyclic) bond motifs is 1. The second-order valence-corrected chi connectivity index (χ2v) is 5.44. The molecule has 0 fully saturated rings. The number of nitrogens with one attached hydrogen (secondary N) is 1. The summed E-state index contributed by atoms with van der Waals surface area (Å²) in [6.07, 6.45) is 0. The molecule has 0 aliphatic heterocycles. The normalized spacial score (nSPS) is 10.7. The third kappa shape index (κ3) is 3.14. The molecular formula is C18H18N4O. The molecule has 0 bridgehead atoms. The van der Waals surface area contributed by atoms with Gasteiger partial charge in [-0.15, -0.1) is 0 Å². The Hall–Kier alpha value is -2.92. The Morgan fingerprint density at radius 1 is 1.13 bits per heavy atom. The molecule has 5 nitrogen and oxygen atoms in total. The van der Waals surface area contributed by atoms with E-state index >= 15 is 0 Å². The van der Waals surface area contributed by atoms with Crippen molar-refractivity contribution in [3.63, 3.8) is 0 Å². The fourth-order valence-corrected chi connectivity index (χ4v) is 2.46. The first-order valence-electron chi connectivity index (χ1n) is 7.34. The maximum absolute atomic E-state index is 12.3. The number of nitrogens with two attached hydrogens (primary N) is 2. The second kappa shape index (κ2) is 6.06. The quantitative estimate of drug-likeness (QED) is 0.693. The number of nitrogen functional groups attached to an aromatic ring is 1. The van der Waals surface area contributed by atoms with Crippen molar-refractivity contribution in [2.45, 2.75) is 13.5 Å². The summed E-state index contributed by atoms with van der Waals surface area (Å²) in [5, 5.41) is 3.70. The third-order valence-electron chi connectivity index (χ3n) is 3.68. The van der Waals surface area contributed by atoms with Crippen molar-refractivity contribution in [3.8, 4) is 0 Å². The molecule has 3 aromatic rings. The van der Waals surface area contributed by atoms with Gasteiger partial charge in [0.25, 0.3) is 5.91 Å². The number of nitrogens with zero attached hydrogens (tertiary/aromatic N) is 1. The first-order valence-corrected chi connectivity index (χ1v) is 7.34. The van der Waals surface area contributed by atoms with E-state index < -0.39 is 0 Å². The van der Waals surface area contributed by atoms with E-state index in [0.717, 1.165) is 22.2 Å². The molecule has 0 aliphatic rings. The summed E-state index contributed by atoms with van der Waals surface area (Å²) >= 11 is 0. The van der Waals surface area contributed by atoms with Gasteiger partial charge in [0.15, 0.2) is 0 Å². The predicted molar refractivity (Wildman–Crippen MR) is 93.2 cm³/mol. The minimum atomic E-state index is -0.174. The van der Waals surface area contributed by atoms with E-state index in [9.17, 15) is 4.79 Å². The topological polar surface area (TPSA) is 94.0 Å². The van der Waals surface area contributed by atoms with Crippen LogP contribution in [0.5, 0.6) is 0 Å². The SMILES string of the molecule is Cc1cc(N)c2cc(NC(=O)c3ccc(CN)cc3)ccc2n1. The number of aryl methyl sites for hydroxylation is 1. The van der Waals surface area contributed by atoms with Crippen LogP contribution in [-0.4, -0.2) is 10.9 Å². The van der Waals surface area contributed by atoms with Crippen molar-refractivity contribution in [1.82, 2.24) is 4.98 Å². The lowest BCUT2D eigenvalue weighted by Gasteiger charge is -2.09. The molecule has 1 heterocycles. The van der Waals surface area contributed by atoms with Crippen LogP contribution < -0.4 is 16.8 Å². The Morgan fingerprint density at radius 2 is 1.87 bits per heavy atom. The number of anilines is 2. The molecule has 1 aromatic heterocycles. The minimum Gasteiger partial charge on any atom is -0.398 e. The lowest BCUT2D eigenvalue weighted by atomic mass is 10.1. The van der Waals surface area contributed by atoms with Crippen LogP contribution in [0.25, 0.3) is 10.9 Å². The lowest BCUT2D eigenvalue weighted by molar-refractivity contribution is 0.102. The smallest absolute Gasteiger partial charge is 0.255 e. The van der Waals surface area contributed by atoms with Crippen LogP contribution >= 0.6 is 0 Å². The zero-order valence-corrected chi connectivity index (χ0v) is 12.8. The molecule has 5 N–H and O–H groups in total. The standard InChI is InChI=1S/C18H18N4O/c1-11-8-16(20)15-9-14(6-7-17(15)21-11)22-18(23)13-4-2-12(10-19)3-5-13/h2-9H,10,19H2,1H3,(H2,20,21)(H,22,23). The lowest BCUT2D eigenvalue weighted by Crippen LogP contribution is -2.12. The number of aromatic nitrogens is 1. The van der Waals surface area contributed by atoms with Crippen LogP contribution in [0.1, 0.15) is 21.6 Å². The highest BCUT2D eigenvalue weighted by atomic mass is 16.1. The van der Waals surface area contributed by atoms with Gasteiger partial charge >= 0.3 is 0 Å². The number of amides is 1. The molecule has 1 amide bonds. The fourth-order valence-electron chi connectivity index (χ4n) is 2.46. The van der Waals surface area contributed by atoms with Gasteiger partial charge < -0.3 is 16.8 Å². The van der Waals surface area contributed by atoms with Crippen LogP contribution in [0.3, 0.4) is 0 Å². The molecule has 2 aromatic carbocycles. The Bertz CT molecular complexity index is 872. The highest BCUT2D eigenvalue weighted by molar-refractivity contribution is 6.05. The molecule has 0 radical (unpaired) electrons. The largest absolute Gasteiger partial charge is 0.398 e. The van der Waals surface area contributed by atoms with E-state index in [2.05, 4.69) is 10.3 Å². The Balaban J connectivity index is 1.87. The summed E-state index contributed by atoms with van der Waals surface area (Å²) < 4.78 is 0. The van der Waals surface area contributed by atoms with Crippen LogP contribution in [0.2, 0.25) is 0 Å². The summed E-state index contributed by atoms with van der Waals surface area (Å²) in [4.78, 5) is 16.7. The molecule has 0 atom stereocenters. The Kier molecular flexibility index (Phi) is 3.95. The van der Waals surface area contributed by atoms with Crippen LogP contribution in [-0.2, 0) is 6.54 Å². The zero-order chi connectivity index (χ0) is 16.4. The monoisotopic (exact) mass is 306 g/mol. The number of hydrogen-bond donors (Lipinski definition) is 3. The van der Waals surface area contributed by atoms with Gasteiger partial charge in [0.2, 0.25) is 0 Å². The number of rotatable bonds is 3. The zero-order valence-electron chi connectivity index (χ0n) is 12.8. The summed E-state index contributed by atoms with van der Waals surface area (Å²) in [5.41, 5.74) is 16.2. The van der Waals surface area contributed by atoms with Gasteiger partial charge in [-0.25, -0.2) is 0 Å². The molecule has 0 spiro atoms. The highest BCUT2D eigenvalue weighted by Crippen LogP contribution is 2.24. The molecule has 116 valence electrons. The summed E-state index contributed by atoms with van der Waals surface area (Å²) in [6, 6.07) is 14.5. The van der Waals surface area contributed by atoms with E-state index in [-0.39, 0.29) is 5.91 Å². The van der Waals surface area contributed by atoms with Gasteiger partial charge in [0, 0.05) is 34.6 Å². The molecule has 3 rings (SSSR count). The van der Waals surface area contributed by atoms with Crippen molar-refractivity contribution in [2.75, 3.05) is 11.1 Å². The molecule has 0 aliphatic carbocycles. The summed E-state index contributed by atoms with van der Waals surface area (Å²) in [6.45, 7) is 2.36. The average molecular weight is 306 g/mol. The van der Waals surface area contributed by atoms with Gasteiger partial charge in [-0.2, -0.15) is 0 Å². The third-order valence-corrected chi connectivity index (χ3v) is 3.68. The molecule has 0 unspecified atom stereocenters. The first kappa shape index (κ1) is 15.0. The maximum atomic E-state index is 12.3. The van der Waals surface area contributed by atoms with E-state index in [0.29, 0.717) is 23.5 Å². The minimum absolute atomic E-state index is 0.174. The number of benzene rings is 2. The maximum Gasteiger partial charge on any atom is 0.255 e. The molecular weight excluding hydrogens is 288 g/mol. The van der Waals surface area contributed by atoms with Crippen molar-refractivity contribution < 1.29 is 4.79 Å². The Morgan fingerprint density at radius 3 is 2.57 bits per heavy atom. The van der Waals surface area contributed by atoms with Crippen molar-refractivity contribution in [1.29, 1.82) is 0 Å². The summed E-state index contributed by atoms with van der Waals surface area (Å²) in [7, 11) is 0. The van der Waals surface area contributed by atoms with Crippen molar-refractivity contribution in [3.05, 3.63) is 65.4 Å². The Labute approximate surface area is 134 Å². The number of carbonyl (C=O) groups excluding carboxylic acids is 1. The number of pyridine rings is 1. The second-order valence-electron chi connectivity index (χ2n) is 5.44. The van der Waals surface area contributed by atoms with Crippen molar-refractivity contribution >= 4 is 28.2 Å². The number of carbonyl (C=O) groups is 1. The molecule has 0 saturated carbocycles. The molecule has 5 heteroatoms. The number of hydrogen-bond acceptors (Lipinski definition) is 4. The van der Waals surface area contributed by atoms with Gasteiger partial charge in [-0.3, -0.25) is 9.78 Å². The highest BCUT2D eigenvalue weighted by Gasteiger charge is 2.08. The van der Waals surface area contributed by atoms with Crippen LogP contribution in [0, 0.1) is 6.92 Å². The van der Waals surface area contributed by atoms with Gasteiger partial charge in [0.05, 0.1) is 5.52 Å². The predicted octanol–water partition coefficient (Wildman–Crippen LogP) is 2.84. The van der Waals surface area contributed by atoms with Gasteiger partial charge in [-0.1, -0.05) is 12.1 Å².